The predicted molar refractivity (Wildman–Crippen MR) is 82.2 cm³/mol. The lowest BCUT2D eigenvalue weighted by Crippen LogP contribution is -2.14. The summed E-state index contributed by atoms with van der Waals surface area (Å²) in [5, 5.41) is 7.61. The lowest BCUT2D eigenvalue weighted by molar-refractivity contribution is 0.101. The van der Waals surface area contributed by atoms with E-state index < -0.39 is 0 Å². The molecule has 0 fully saturated rings. The van der Waals surface area contributed by atoms with Crippen molar-refractivity contribution in [3.8, 4) is 0 Å². The van der Waals surface area contributed by atoms with Crippen LogP contribution in [0.3, 0.4) is 0 Å². The monoisotopic (exact) mass is 324 g/mol. The van der Waals surface area contributed by atoms with Crippen molar-refractivity contribution >= 4 is 34.8 Å². The molecule has 1 aromatic carbocycles. The van der Waals surface area contributed by atoms with Gasteiger partial charge in [0.05, 0.1) is 10.7 Å². The maximum absolute atomic E-state index is 12.4. The summed E-state index contributed by atoms with van der Waals surface area (Å²) in [4.78, 5) is 12.4. The number of aryl methyl sites for hydroxylation is 1. The van der Waals surface area contributed by atoms with Gasteiger partial charge in [0.25, 0.3) is 5.91 Å². The van der Waals surface area contributed by atoms with Gasteiger partial charge in [0.2, 0.25) is 0 Å². The van der Waals surface area contributed by atoms with Crippen LogP contribution in [0.25, 0.3) is 0 Å². The number of benzene rings is 1. The minimum atomic E-state index is -0.314. The van der Waals surface area contributed by atoms with Crippen molar-refractivity contribution < 1.29 is 9.32 Å². The maximum Gasteiger partial charge on any atom is 0.278 e. The number of nitrogens with one attached hydrogen (secondary N) is 1. The van der Waals surface area contributed by atoms with Crippen molar-refractivity contribution in [1.29, 1.82) is 0 Å². The van der Waals surface area contributed by atoms with Crippen LogP contribution in [0.4, 0.5) is 5.69 Å². The Bertz CT molecular complexity index is 682. The fourth-order valence-corrected chi connectivity index (χ4v) is 2.85. The molecule has 0 saturated heterocycles. The first kappa shape index (κ1) is 14.4. The van der Waals surface area contributed by atoms with E-state index >= 15 is 0 Å². The number of aromatic nitrogens is 1. The standard InChI is InChI=1S/C15H14Cl2N2O2/c16-9-6-7-11(17)12(8-9)18-15(20)14-10-4-2-1-3-5-13(10)21-19-14/h6-8H,1-5H2,(H,18,20). The molecule has 0 aliphatic heterocycles. The second kappa shape index (κ2) is 6.08. The van der Waals surface area contributed by atoms with Crippen molar-refractivity contribution in [2.75, 3.05) is 5.32 Å². The SMILES string of the molecule is O=C(Nc1cc(Cl)ccc1Cl)c1noc2c1CCCCC2. The van der Waals surface area contributed by atoms with E-state index in [1.807, 2.05) is 0 Å². The third kappa shape index (κ3) is 3.06. The molecule has 0 radical (unpaired) electrons. The van der Waals surface area contributed by atoms with Gasteiger partial charge in [0.15, 0.2) is 5.69 Å². The fraction of sp³-hybridized carbons (Fsp3) is 0.333. The van der Waals surface area contributed by atoms with E-state index in [1.165, 1.54) is 0 Å². The Balaban J connectivity index is 1.86. The number of carbonyl (C=O) groups excluding carboxylic acids is 1. The number of carbonyl (C=O) groups is 1. The Hall–Kier alpha value is -1.52. The van der Waals surface area contributed by atoms with Crippen LogP contribution in [0.15, 0.2) is 22.7 Å². The summed E-state index contributed by atoms with van der Waals surface area (Å²) in [5.41, 5.74) is 1.74. The van der Waals surface area contributed by atoms with Crippen LogP contribution in [0.2, 0.25) is 10.0 Å². The Morgan fingerprint density at radius 2 is 2.00 bits per heavy atom. The number of halogens is 2. The summed E-state index contributed by atoms with van der Waals surface area (Å²) in [7, 11) is 0. The molecule has 2 aromatic rings. The second-order valence-corrected chi connectivity index (χ2v) is 5.92. The Morgan fingerprint density at radius 1 is 1.19 bits per heavy atom. The average molecular weight is 325 g/mol. The molecule has 0 unspecified atom stereocenters. The van der Waals surface area contributed by atoms with Gasteiger partial charge in [-0.1, -0.05) is 34.8 Å². The molecule has 0 atom stereocenters. The van der Waals surface area contributed by atoms with E-state index in [0.717, 1.165) is 43.4 Å². The molecule has 1 aromatic heterocycles. The van der Waals surface area contributed by atoms with Crippen LogP contribution in [0.5, 0.6) is 0 Å². The average Bonchev–Trinajstić information content (AvgIpc) is 2.72. The van der Waals surface area contributed by atoms with E-state index in [9.17, 15) is 4.79 Å². The first-order valence-corrected chi connectivity index (χ1v) is 7.64. The number of hydrogen-bond acceptors (Lipinski definition) is 3. The lowest BCUT2D eigenvalue weighted by atomic mass is 10.1. The van der Waals surface area contributed by atoms with Crippen LogP contribution < -0.4 is 5.32 Å². The molecule has 1 amide bonds. The van der Waals surface area contributed by atoms with E-state index in [4.69, 9.17) is 27.7 Å². The topological polar surface area (TPSA) is 55.1 Å². The zero-order valence-electron chi connectivity index (χ0n) is 11.3. The highest BCUT2D eigenvalue weighted by molar-refractivity contribution is 6.35. The summed E-state index contributed by atoms with van der Waals surface area (Å²) < 4.78 is 5.31. The number of nitrogens with zero attached hydrogens (tertiary/aromatic N) is 1. The highest BCUT2D eigenvalue weighted by Crippen LogP contribution is 2.28. The molecular weight excluding hydrogens is 311 g/mol. The second-order valence-electron chi connectivity index (χ2n) is 5.07. The summed E-state index contributed by atoms with van der Waals surface area (Å²) in [5.74, 6) is 0.515. The molecule has 1 aliphatic carbocycles. The molecule has 0 bridgehead atoms. The molecule has 1 heterocycles. The first-order chi connectivity index (χ1) is 10.1. The van der Waals surface area contributed by atoms with E-state index in [-0.39, 0.29) is 5.91 Å². The lowest BCUT2D eigenvalue weighted by Gasteiger charge is -2.07. The van der Waals surface area contributed by atoms with Gasteiger partial charge in [-0.3, -0.25) is 4.79 Å². The van der Waals surface area contributed by atoms with Crippen molar-refractivity contribution in [2.24, 2.45) is 0 Å². The minimum absolute atomic E-state index is 0.314. The number of fused-ring (bicyclic) bond motifs is 1. The van der Waals surface area contributed by atoms with Crippen molar-refractivity contribution in [1.82, 2.24) is 5.16 Å². The highest BCUT2D eigenvalue weighted by atomic mass is 35.5. The van der Waals surface area contributed by atoms with Gasteiger partial charge in [0.1, 0.15) is 5.76 Å². The number of amides is 1. The predicted octanol–water partition coefficient (Wildman–Crippen LogP) is 4.50. The maximum atomic E-state index is 12.4. The highest BCUT2D eigenvalue weighted by Gasteiger charge is 2.23. The van der Waals surface area contributed by atoms with E-state index in [2.05, 4.69) is 10.5 Å². The number of hydrogen-bond donors (Lipinski definition) is 1. The van der Waals surface area contributed by atoms with Gasteiger partial charge in [-0.25, -0.2) is 0 Å². The smallest absolute Gasteiger partial charge is 0.278 e. The summed E-state index contributed by atoms with van der Waals surface area (Å²) in [6.45, 7) is 0. The largest absolute Gasteiger partial charge is 0.360 e. The normalized spacial score (nSPS) is 14.4. The van der Waals surface area contributed by atoms with Gasteiger partial charge < -0.3 is 9.84 Å². The molecule has 0 saturated carbocycles. The molecule has 1 aliphatic rings. The third-order valence-corrected chi connectivity index (χ3v) is 4.16. The molecular formula is C15H14Cl2N2O2. The molecule has 4 nitrogen and oxygen atoms in total. The van der Waals surface area contributed by atoms with Crippen LogP contribution in [0, 0.1) is 0 Å². The van der Waals surface area contributed by atoms with Gasteiger partial charge in [0, 0.05) is 17.0 Å². The number of rotatable bonds is 2. The van der Waals surface area contributed by atoms with Crippen LogP contribution >= 0.6 is 23.2 Å². The Kier molecular flexibility index (Phi) is 4.17. The summed E-state index contributed by atoms with van der Waals surface area (Å²) >= 11 is 12.0. The summed E-state index contributed by atoms with van der Waals surface area (Å²) in [6.07, 6.45) is 4.93. The molecule has 110 valence electrons. The van der Waals surface area contributed by atoms with Crippen LogP contribution in [0.1, 0.15) is 41.1 Å². The Morgan fingerprint density at radius 3 is 2.86 bits per heavy atom. The van der Waals surface area contributed by atoms with Crippen molar-refractivity contribution in [3.63, 3.8) is 0 Å². The zero-order chi connectivity index (χ0) is 14.8. The minimum Gasteiger partial charge on any atom is -0.360 e. The molecule has 3 rings (SSSR count). The van der Waals surface area contributed by atoms with Gasteiger partial charge in [-0.05, 0) is 37.5 Å². The molecule has 6 heteroatoms. The van der Waals surface area contributed by atoms with Gasteiger partial charge >= 0.3 is 0 Å². The van der Waals surface area contributed by atoms with Gasteiger partial charge in [-0.2, -0.15) is 0 Å². The third-order valence-electron chi connectivity index (χ3n) is 3.59. The molecule has 21 heavy (non-hydrogen) atoms. The molecule has 1 N–H and O–H groups in total. The number of anilines is 1. The zero-order valence-corrected chi connectivity index (χ0v) is 12.8. The molecule has 0 spiro atoms. The van der Waals surface area contributed by atoms with Crippen molar-refractivity contribution in [2.45, 2.75) is 32.1 Å². The van der Waals surface area contributed by atoms with Crippen molar-refractivity contribution in [3.05, 3.63) is 45.3 Å². The van der Waals surface area contributed by atoms with E-state index in [0.29, 0.717) is 21.4 Å². The van der Waals surface area contributed by atoms with Crippen LogP contribution in [-0.2, 0) is 12.8 Å². The summed E-state index contributed by atoms with van der Waals surface area (Å²) in [6, 6.07) is 4.92. The quantitative estimate of drug-likeness (QED) is 0.827. The van der Waals surface area contributed by atoms with Gasteiger partial charge in [-0.15, -0.1) is 0 Å². The Labute approximate surface area is 132 Å². The fourth-order valence-electron chi connectivity index (χ4n) is 2.51. The van der Waals surface area contributed by atoms with E-state index in [1.54, 1.807) is 18.2 Å². The van der Waals surface area contributed by atoms with Crippen LogP contribution in [-0.4, -0.2) is 11.1 Å². The first-order valence-electron chi connectivity index (χ1n) is 6.89.